The predicted octanol–water partition coefficient (Wildman–Crippen LogP) is 2.36. The van der Waals surface area contributed by atoms with E-state index in [2.05, 4.69) is 20.6 Å². The first-order valence-corrected chi connectivity index (χ1v) is 7.83. The molecule has 0 aliphatic heterocycles. The van der Waals surface area contributed by atoms with E-state index in [9.17, 15) is 14.9 Å². The van der Waals surface area contributed by atoms with E-state index in [1.165, 1.54) is 13.4 Å². The molecule has 0 unspecified atom stereocenters. The summed E-state index contributed by atoms with van der Waals surface area (Å²) in [5, 5.41) is 17.2. The van der Waals surface area contributed by atoms with Crippen molar-refractivity contribution in [3.63, 3.8) is 0 Å². The quantitative estimate of drug-likeness (QED) is 0.299. The Balaban J connectivity index is 2.37. The van der Waals surface area contributed by atoms with E-state index in [1.807, 2.05) is 0 Å². The molecule has 10 heteroatoms. The van der Waals surface area contributed by atoms with Crippen LogP contribution in [0.5, 0.6) is 0 Å². The van der Waals surface area contributed by atoms with E-state index >= 15 is 0 Å². The number of esters is 1. The summed E-state index contributed by atoms with van der Waals surface area (Å²) in [7, 11) is 1.52. The number of hydrogen-bond donors (Lipinski definition) is 2. The van der Waals surface area contributed by atoms with Crippen LogP contribution in [0, 0.1) is 10.1 Å². The second kappa shape index (κ2) is 9.28. The number of hydrogen-bond acceptors (Lipinski definition) is 9. The van der Waals surface area contributed by atoms with E-state index in [4.69, 9.17) is 9.47 Å². The Morgan fingerprint density at radius 1 is 1.27 bits per heavy atom. The van der Waals surface area contributed by atoms with Gasteiger partial charge in [-0.05, 0) is 19.1 Å². The first-order chi connectivity index (χ1) is 12.6. The number of nitrogens with one attached hydrogen (secondary N) is 2. The lowest BCUT2D eigenvalue weighted by atomic mass is 10.2. The van der Waals surface area contributed by atoms with E-state index in [1.54, 1.807) is 31.2 Å². The van der Waals surface area contributed by atoms with Crippen molar-refractivity contribution in [2.45, 2.75) is 6.92 Å². The lowest BCUT2D eigenvalue weighted by molar-refractivity contribution is -0.383. The van der Waals surface area contributed by atoms with Gasteiger partial charge >= 0.3 is 11.7 Å². The molecule has 138 valence electrons. The Morgan fingerprint density at radius 3 is 2.69 bits per heavy atom. The summed E-state index contributed by atoms with van der Waals surface area (Å²) in [5.74, 6) is -0.523. The average Bonchev–Trinajstić information content (AvgIpc) is 2.62. The third kappa shape index (κ3) is 4.63. The Morgan fingerprint density at radius 2 is 2.00 bits per heavy atom. The minimum absolute atomic E-state index is 0.0401. The molecule has 1 aromatic carbocycles. The highest BCUT2D eigenvalue weighted by molar-refractivity contribution is 5.96. The Kier molecular flexibility index (Phi) is 6.80. The van der Waals surface area contributed by atoms with Crippen molar-refractivity contribution < 1.29 is 19.2 Å². The number of methoxy groups -OCH3 is 1. The molecular weight excluding hydrogens is 342 g/mol. The number of rotatable bonds is 9. The second-order valence-electron chi connectivity index (χ2n) is 4.99. The summed E-state index contributed by atoms with van der Waals surface area (Å²) >= 11 is 0. The van der Waals surface area contributed by atoms with Crippen LogP contribution in [0.1, 0.15) is 17.3 Å². The first-order valence-electron chi connectivity index (χ1n) is 7.83. The summed E-state index contributed by atoms with van der Waals surface area (Å²) in [6.45, 7) is 2.61. The Bertz CT molecular complexity index is 783. The molecule has 2 rings (SSSR count). The highest BCUT2D eigenvalue weighted by Crippen LogP contribution is 2.32. The molecular formula is C16H19N5O5. The molecule has 2 N–H and O–H groups in total. The number of carbonyl (C=O) groups is 1. The van der Waals surface area contributed by atoms with Gasteiger partial charge in [0.05, 0.1) is 29.4 Å². The fourth-order valence-corrected chi connectivity index (χ4v) is 2.15. The van der Waals surface area contributed by atoms with Crippen LogP contribution in [0.2, 0.25) is 0 Å². The maximum atomic E-state index is 12.1. The van der Waals surface area contributed by atoms with Gasteiger partial charge in [0.15, 0.2) is 0 Å². The van der Waals surface area contributed by atoms with Crippen molar-refractivity contribution in [2.24, 2.45) is 0 Å². The number of benzene rings is 1. The second-order valence-corrected chi connectivity index (χ2v) is 4.99. The van der Waals surface area contributed by atoms with Crippen LogP contribution in [-0.4, -0.2) is 47.7 Å². The van der Waals surface area contributed by atoms with Crippen LogP contribution in [0.15, 0.2) is 30.6 Å². The maximum absolute atomic E-state index is 12.1. The number of aromatic nitrogens is 2. The Hall–Kier alpha value is -3.27. The number of carbonyl (C=O) groups excluding carboxylic acids is 1. The molecule has 26 heavy (non-hydrogen) atoms. The zero-order chi connectivity index (χ0) is 18.9. The largest absolute Gasteiger partial charge is 0.462 e. The van der Waals surface area contributed by atoms with Crippen molar-refractivity contribution >= 4 is 29.0 Å². The van der Waals surface area contributed by atoms with Gasteiger partial charge in [-0.15, -0.1) is 0 Å². The molecule has 0 amide bonds. The molecule has 0 saturated heterocycles. The molecule has 1 aromatic heterocycles. The molecule has 0 radical (unpaired) electrons. The van der Waals surface area contributed by atoms with Crippen LogP contribution < -0.4 is 10.6 Å². The van der Waals surface area contributed by atoms with Crippen molar-refractivity contribution in [2.75, 3.05) is 37.5 Å². The number of ether oxygens (including phenoxy) is 2. The maximum Gasteiger partial charge on any atom is 0.353 e. The number of nitro groups is 1. The van der Waals surface area contributed by atoms with Gasteiger partial charge in [0.1, 0.15) is 6.33 Å². The van der Waals surface area contributed by atoms with Gasteiger partial charge in [-0.2, -0.15) is 0 Å². The van der Waals surface area contributed by atoms with Crippen molar-refractivity contribution in [1.29, 1.82) is 0 Å². The van der Waals surface area contributed by atoms with Crippen LogP contribution >= 0.6 is 0 Å². The van der Waals surface area contributed by atoms with E-state index in [0.717, 1.165) is 0 Å². The molecule has 10 nitrogen and oxygen atoms in total. The zero-order valence-electron chi connectivity index (χ0n) is 14.4. The third-order valence-corrected chi connectivity index (χ3v) is 3.28. The monoisotopic (exact) mass is 361 g/mol. The number of para-hydroxylation sites is 1. The summed E-state index contributed by atoms with van der Waals surface area (Å²) in [5.41, 5.74) is 0.258. The van der Waals surface area contributed by atoms with E-state index in [0.29, 0.717) is 18.8 Å². The molecule has 0 aliphatic rings. The molecule has 1 heterocycles. The van der Waals surface area contributed by atoms with Crippen LogP contribution in [-0.2, 0) is 9.47 Å². The lowest BCUT2D eigenvalue weighted by Crippen LogP contribution is -2.13. The minimum atomic E-state index is -0.593. The molecule has 0 aliphatic carbocycles. The zero-order valence-corrected chi connectivity index (χ0v) is 14.4. The van der Waals surface area contributed by atoms with Gasteiger partial charge < -0.3 is 20.1 Å². The lowest BCUT2D eigenvalue weighted by Gasteiger charge is -2.12. The topological polar surface area (TPSA) is 129 Å². The fraction of sp³-hybridized carbons (Fsp3) is 0.312. The molecule has 0 fully saturated rings. The van der Waals surface area contributed by atoms with E-state index in [-0.39, 0.29) is 29.5 Å². The van der Waals surface area contributed by atoms with Gasteiger partial charge in [-0.1, -0.05) is 12.1 Å². The van der Waals surface area contributed by atoms with Gasteiger partial charge in [-0.25, -0.2) is 14.8 Å². The summed E-state index contributed by atoms with van der Waals surface area (Å²) in [6, 6.07) is 6.53. The van der Waals surface area contributed by atoms with Gasteiger partial charge in [0, 0.05) is 13.7 Å². The highest BCUT2D eigenvalue weighted by Gasteiger charge is 2.24. The standard InChI is InChI=1S/C16H19N5O5/c1-3-26-16(22)11-6-4-5-7-12(11)20-15-13(21(23)24)14(18-10-19-15)17-8-9-25-2/h4-7,10H,3,8-9H2,1-2H3,(H2,17,18,19,20). The smallest absolute Gasteiger partial charge is 0.353 e. The van der Waals surface area contributed by atoms with Gasteiger partial charge in [-0.3, -0.25) is 10.1 Å². The molecule has 0 saturated carbocycles. The Labute approximate surface area is 149 Å². The van der Waals surface area contributed by atoms with Gasteiger partial charge in [0.25, 0.3) is 0 Å². The average molecular weight is 361 g/mol. The molecule has 0 bridgehead atoms. The SMILES string of the molecule is CCOC(=O)c1ccccc1Nc1ncnc(NCCOC)c1[N+](=O)[O-]. The molecule has 0 spiro atoms. The first kappa shape index (κ1) is 19.1. The third-order valence-electron chi connectivity index (χ3n) is 3.28. The fourth-order valence-electron chi connectivity index (χ4n) is 2.15. The van der Waals surface area contributed by atoms with Crippen molar-refractivity contribution in [1.82, 2.24) is 9.97 Å². The minimum Gasteiger partial charge on any atom is -0.462 e. The number of anilines is 3. The van der Waals surface area contributed by atoms with Crippen LogP contribution in [0.4, 0.5) is 23.0 Å². The van der Waals surface area contributed by atoms with Crippen molar-refractivity contribution in [3.8, 4) is 0 Å². The van der Waals surface area contributed by atoms with Crippen LogP contribution in [0.25, 0.3) is 0 Å². The normalized spacial score (nSPS) is 10.2. The summed E-state index contributed by atoms with van der Waals surface area (Å²) < 4.78 is 9.91. The number of nitrogens with zero attached hydrogens (tertiary/aromatic N) is 3. The molecule has 2 aromatic rings. The predicted molar refractivity (Wildman–Crippen MR) is 94.7 cm³/mol. The van der Waals surface area contributed by atoms with Crippen molar-refractivity contribution in [3.05, 3.63) is 46.3 Å². The highest BCUT2D eigenvalue weighted by atomic mass is 16.6. The van der Waals surface area contributed by atoms with Gasteiger partial charge in [0.2, 0.25) is 11.6 Å². The molecule has 0 atom stereocenters. The van der Waals surface area contributed by atoms with E-state index < -0.39 is 10.9 Å². The van der Waals surface area contributed by atoms with Crippen LogP contribution in [0.3, 0.4) is 0 Å². The summed E-state index contributed by atoms with van der Waals surface area (Å²) in [4.78, 5) is 30.8. The summed E-state index contributed by atoms with van der Waals surface area (Å²) in [6.07, 6.45) is 1.19.